The van der Waals surface area contributed by atoms with E-state index in [1.54, 1.807) is 4.40 Å². The van der Waals surface area contributed by atoms with Crippen molar-refractivity contribution in [3.63, 3.8) is 0 Å². The Balaban J connectivity index is 1.20. The van der Waals surface area contributed by atoms with Crippen LogP contribution in [0.15, 0.2) is 72.9 Å². The van der Waals surface area contributed by atoms with Crippen LogP contribution >= 0.6 is 0 Å². The molecule has 1 N–H and O–H groups in total. The summed E-state index contributed by atoms with van der Waals surface area (Å²) in [7, 11) is -3.46. The zero-order valence-corrected chi connectivity index (χ0v) is 24.1. The molecule has 40 heavy (non-hydrogen) atoms. The van der Waals surface area contributed by atoms with E-state index < -0.39 is 10.0 Å². The van der Waals surface area contributed by atoms with Gasteiger partial charge in [0.15, 0.2) is 5.65 Å². The molecule has 1 unspecified atom stereocenters. The summed E-state index contributed by atoms with van der Waals surface area (Å²) in [6.07, 6.45) is 7.36. The number of hydrogen-bond acceptors (Lipinski definition) is 6. The number of likely N-dealkylation sites (tertiary alicyclic amines) is 1. The van der Waals surface area contributed by atoms with Crippen molar-refractivity contribution >= 4 is 21.6 Å². The Morgan fingerprint density at radius 3 is 2.10 bits per heavy atom. The molecular formula is C31H37N5O3S. The lowest BCUT2D eigenvalue weighted by Crippen LogP contribution is -2.49. The van der Waals surface area contributed by atoms with Crippen molar-refractivity contribution in [3.05, 3.63) is 89.6 Å². The number of benzene rings is 2. The third-order valence-electron chi connectivity index (χ3n) is 8.20. The average Bonchev–Trinajstić information content (AvgIpc) is 3.71. The largest absolute Gasteiger partial charge is 0.493 e. The van der Waals surface area contributed by atoms with E-state index in [0.29, 0.717) is 36.2 Å². The zero-order chi connectivity index (χ0) is 27.9. The van der Waals surface area contributed by atoms with Gasteiger partial charge < -0.3 is 4.74 Å². The van der Waals surface area contributed by atoms with Crippen LogP contribution in [0.2, 0.25) is 0 Å². The maximum absolute atomic E-state index is 11.8. The third kappa shape index (κ3) is 5.71. The topological polar surface area (TPSA) is 88.8 Å². The number of nitrogens with one attached hydrogen (secondary N) is 1. The molecule has 0 radical (unpaired) electrons. The van der Waals surface area contributed by atoms with Crippen molar-refractivity contribution in [3.8, 4) is 5.75 Å². The molecule has 3 heterocycles. The first kappa shape index (κ1) is 26.8. The number of hydrogen-bond donors (Lipinski definition) is 1. The molecule has 0 amide bonds. The van der Waals surface area contributed by atoms with Gasteiger partial charge >= 0.3 is 0 Å². The summed E-state index contributed by atoms with van der Waals surface area (Å²) in [4.78, 5) is 2.68. The van der Waals surface area contributed by atoms with Crippen molar-refractivity contribution in [1.82, 2.24) is 19.5 Å². The van der Waals surface area contributed by atoms with Crippen LogP contribution in [0.4, 0.5) is 5.95 Å². The average molecular weight is 560 g/mol. The highest BCUT2D eigenvalue weighted by Gasteiger charge is 2.37. The molecule has 8 nitrogen and oxygen atoms in total. The van der Waals surface area contributed by atoms with Gasteiger partial charge in [0.25, 0.3) is 0 Å². The lowest BCUT2D eigenvalue weighted by molar-refractivity contribution is 0.0283. The molecule has 0 bridgehead atoms. The van der Waals surface area contributed by atoms with Crippen molar-refractivity contribution in [2.24, 2.45) is 5.92 Å². The Kier molecular flexibility index (Phi) is 7.27. The summed E-state index contributed by atoms with van der Waals surface area (Å²) < 4.78 is 34.2. The molecule has 2 aromatic heterocycles. The minimum absolute atomic E-state index is 0.201. The Bertz CT molecular complexity index is 1520. The molecule has 0 spiro atoms. The van der Waals surface area contributed by atoms with Gasteiger partial charge in [0.1, 0.15) is 5.75 Å². The summed E-state index contributed by atoms with van der Waals surface area (Å²) >= 11 is 0. The number of rotatable bonds is 9. The lowest BCUT2D eigenvalue weighted by atomic mass is 9.84. The maximum Gasteiger partial charge on any atom is 0.242 e. The molecule has 1 saturated heterocycles. The van der Waals surface area contributed by atoms with Gasteiger partial charge in [-0.1, -0.05) is 60.7 Å². The highest BCUT2D eigenvalue weighted by molar-refractivity contribution is 7.92. The fourth-order valence-corrected chi connectivity index (χ4v) is 6.86. The van der Waals surface area contributed by atoms with E-state index in [1.165, 1.54) is 11.1 Å². The SMILES string of the molecule is C[C@@H]1CC(COc2cc3nnc(NS(C)(=O)=O)n3cc2C2CC2)C[C@H](C)N1C(c1ccccc1)c1ccccc1. The second-order valence-corrected chi connectivity index (χ2v) is 13.3. The van der Waals surface area contributed by atoms with Gasteiger partial charge in [-0.3, -0.25) is 14.0 Å². The molecule has 2 aromatic carbocycles. The molecule has 1 aliphatic carbocycles. The predicted octanol–water partition coefficient (Wildman–Crippen LogP) is 5.64. The summed E-state index contributed by atoms with van der Waals surface area (Å²) in [6, 6.07) is 24.5. The summed E-state index contributed by atoms with van der Waals surface area (Å²) in [5.74, 6) is 1.89. The molecular weight excluding hydrogens is 522 g/mol. The molecule has 2 fully saturated rings. The molecule has 6 rings (SSSR count). The second-order valence-electron chi connectivity index (χ2n) is 11.5. The van der Waals surface area contributed by atoms with Gasteiger partial charge in [-0.2, -0.15) is 0 Å². The maximum atomic E-state index is 11.8. The fourth-order valence-electron chi connectivity index (χ4n) is 6.39. The van der Waals surface area contributed by atoms with E-state index >= 15 is 0 Å². The third-order valence-corrected chi connectivity index (χ3v) is 8.75. The number of nitrogens with zero attached hydrogens (tertiary/aromatic N) is 4. The molecule has 1 aliphatic heterocycles. The van der Waals surface area contributed by atoms with Gasteiger partial charge in [0, 0.05) is 29.9 Å². The highest BCUT2D eigenvalue weighted by Crippen LogP contribution is 2.45. The minimum atomic E-state index is -3.46. The van der Waals surface area contributed by atoms with Crippen molar-refractivity contribution < 1.29 is 13.2 Å². The number of aromatic nitrogens is 3. The zero-order valence-electron chi connectivity index (χ0n) is 23.3. The van der Waals surface area contributed by atoms with E-state index in [9.17, 15) is 8.42 Å². The normalized spacial score (nSPS) is 22.1. The predicted molar refractivity (Wildman–Crippen MR) is 157 cm³/mol. The van der Waals surface area contributed by atoms with Crippen molar-refractivity contribution in [1.29, 1.82) is 0 Å². The molecule has 2 aliphatic rings. The van der Waals surface area contributed by atoms with Crippen molar-refractivity contribution in [2.45, 2.75) is 63.6 Å². The van der Waals surface area contributed by atoms with Crippen LogP contribution in [-0.4, -0.2) is 52.9 Å². The highest BCUT2D eigenvalue weighted by atomic mass is 32.2. The minimum Gasteiger partial charge on any atom is -0.493 e. The van der Waals surface area contributed by atoms with E-state index in [4.69, 9.17) is 4.74 Å². The van der Waals surface area contributed by atoms with Crippen LogP contribution in [0.5, 0.6) is 5.75 Å². The standard InChI is InChI=1S/C31H37N5O3S/c1-21-16-23(17-22(2)36(21)30(25-10-6-4-7-11-25)26-12-8-5-9-13-26)20-39-28-18-29-32-33-31(34-40(3,37)38)35(29)19-27(28)24-14-15-24/h4-13,18-19,21-24,30H,14-17,20H2,1-3H3,(H,33,34)/t21-,22+,23?. The van der Waals surface area contributed by atoms with Crippen LogP contribution in [0.25, 0.3) is 5.65 Å². The molecule has 4 aromatic rings. The molecule has 210 valence electrons. The van der Waals surface area contributed by atoms with Crippen LogP contribution in [0.3, 0.4) is 0 Å². The van der Waals surface area contributed by atoms with E-state index in [2.05, 4.69) is 94.3 Å². The lowest BCUT2D eigenvalue weighted by Gasteiger charge is -2.47. The number of pyridine rings is 1. The summed E-state index contributed by atoms with van der Waals surface area (Å²) in [6.45, 7) is 5.33. The number of piperidine rings is 1. The van der Waals surface area contributed by atoms with Gasteiger partial charge in [-0.05, 0) is 62.5 Å². The van der Waals surface area contributed by atoms with Crippen LogP contribution in [-0.2, 0) is 10.0 Å². The fraction of sp³-hybridized carbons (Fsp3) is 0.419. The smallest absolute Gasteiger partial charge is 0.242 e. The van der Waals surface area contributed by atoms with Crippen LogP contribution < -0.4 is 9.46 Å². The van der Waals surface area contributed by atoms with Gasteiger partial charge in [0.05, 0.1) is 18.9 Å². The Morgan fingerprint density at radius 1 is 0.950 bits per heavy atom. The van der Waals surface area contributed by atoms with E-state index in [-0.39, 0.29) is 12.0 Å². The summed E-state index contributed by atoms with van der Waals surface area (Å²) in [5, 5.41) is 8.24. The van der Waals surface area contributed by atoms with Gasteiger partial charge in [-0.25, -0.2) is 8.42 Å². The first-order chi connectivity index (χ1) is 19.3. The summed E-state index contributed by atoms with van der Waals surface area (Å²) in [5.41, 5.74) is 4.30. The van der Waals surface area contributed by atoms with Crippen LogP contribution in [0.1, 0.15) is 68.2 Å². The number of fused-ring (bicyclic) bond motifs is 1. The number of anilines is 1. The van der Waals surface area contributed by atoms with Crippen molar-refractivity contribution in [2.75, 3.05) is 17.6 Å². The molecule has 3 atom stereocenters. The van der Waals surface area contributed by atoms with Gasteiger partial charge in [0.2, 0.25) is 16.0 Å². The Hall–Kier alpha value is -3.43. The monoisotopic (exact) mass is 559 g/mol. The van der Waals surface area contributed by atoms with Gasteiger partial charge in [-0.15, -0.1) is 10.2 Å². The number of sulfonamides is 1. The molecule has 9 heteroatoms. The van der Waals surface area contributed by atoms with E-state index in [0.717, 1.165) is 43.3 Å². The van der Waals surface area contributed by atoms with Crippen LogP contribution in [0, 0.1) is 5.92 Å². The van der Waals surface area contributed by atoms with E-state index in [1.807, 2.05) is 12.3 Å². The quantitative estimate of drug-likeness (QED) is 0.286. The molecule has 1 saturated carbocycles. The second kappa shape index (κ2) is 10.9. The Labute approximate surface area is 236 Å². The number of ether oxygens (including phenoxy) is 1. The first-order valence-corrected chi connectivity index (χ1v) is 16.0. The first-order valence-electron chi connectivity index (χ1n) is 14.1. The Morgan fingerprint density at radius 2 is 1.55 bits per heavy atom.